The van der Waals surface area contributed by atoms with Gasteiger partial charge in [0.05, 0.1) is 0 Å². The molecule has 1 atom stereocenters. The summed E-state index contributed by atoms with van der Waals surface area (Å²) in [5.41, 5.74) is 1.20. The van der Waals surface area contributed by atoms with E-state index in [2.05, 4.69) is 39.9 Å². The number of hydrogen-bond donors (Lipinski definition) is 1. The van der Waals surface area contributed by atoms with Crippen molar-refractivity contribution in [3.8, 4) is 0 Å². The SMILES string of the molecule is CCC(C)(C)C(CC(C)C)C(=O)NCc1ccccc1. The lowest BCUT2D eigenvalue weighted by Gasteiger charge is -2.33. The van der Waals surface area contributed by atoms with Crippen LogP contribution in [0.25, 0.3) is 0 Å². The monoisotopic (exact) mass is 275 g/mol. The van der Waals surface area contributed by atoms with Gasteiger partial charge in [0.1, 0.15) is 0 Å². The summed E-state index contributed by atoms with van der Waals surface area (Å²) in [5, 5.41) is 3.11. The summed E-state index contributed by atoms with van der Waals surface area (Å²) in [5.74, 6) is 0.805. The van der Waals surface area contributed by atoms with Crippen LogP contribution in [0.1, 0.15) is 53.0 Å². The van der Waals surface area contributed by atoms with E-state index < -0.39 is 0 Å². The molecule has 0 saturated carbocycles. The van der Waals surface area contributed by atoms with Crippen molar-refractivity contribution in [1.29, 1.82) is 0 Å². The highest BCUT2D eigenvalue weighted by molar-refractivity contribution is 5.79. The van der Waals surface area contributed by atoms with Gasteiger partial charge in [0.2, 0.25) is 5.91 Å². The molecule has 1 N–H and O–H groups in total. The molecule has 0 heterocycles. The van der Waals surface area contributed by atoms with Gasteiger partial charge in [-0.1, -0.05) is 71.4 Å². The zero-order valence-corrected chi connectivity index (χ0v) is 13.6. The number of hydrogen-bond acceptors (Lipinski definition) is 1. The molecule has 0 aliphatic rings. The Labute approximate surface area is 124 Å². The maximum Gasteiger partial charge on any atom is 0.223 e. The minimum absolute atomic E-state index is 0.0467. The third kappa shape index (κ3) is 4.99. The van der Waals surface area contributed by atoms with Gasteiger partial charge in [0.25, 0.3) is 0 Å². The number of nitrogens with one attached hydrogen (secondary N) is 1. The Kier molecular flexibility index (Phi) is 6.25. The van der Waals surface area contributed by atoms with Gasteiger partial charge < -0.3 is 5.32 Å². The highest BCUT2D eigenvalue weighted by Gasteiger charge is 2.33. The average Bonchev–Trinajstić information content (AvgIpc) is 2.43. The summed E-state index contributed by atoms with van der Waals surface area (Å²) >= 11 is 0. The normalized spacial score (nSPS) is 13.3. The van der Waals surface area contributed by atoms with E-state index >= 15 is 0 Å². The van der Waals surface area contributed by atoms with Crippen molar-refractivity contribution in [3.05, 3.63) is 35.9 Å². The third-order valence-corrected chi connectivity index (χ3v) is 4.19. The van der Waals surface area contributed by atoms with Crippen molar-refractivity contribution in [2.45, 2.75) is 54.0 Å². The molecule has 0 saturated heterocycles. The Morgan fingerprint density at radius 1 is 1.20 bits per heavy atom. The van der Waals surface area contributed by atoms with E-state index in [1.165, 1.54) is 0 Å². The number of amides is 1. The Bertz CT molecular complexity index is 409. The van der Waals surface area contributed by atoms with E-state index in [4.69, 9.17) is 0 Å². The van der Waals surface area contributed by atoms with Gasteiger partial charge in [-0.25, -0.2) is 0 Å². The van der Waals surface area contributed by atoms with Crippen LogP contribution in [-0.4, -0.2) is 5.91 Å². The van der Waals surface area contributed by atoms with Gasteiger partial charge in [-0.05, 0) is 23.3 Å². The van der Waals surface area contributed by atoms with Crippen LogP contribution in [-0.2, 0) is 11.3 Å². The van der Waals surface area contributed by atoms with Crippen molar-refractivity contribution in [3.63, 3.8) is 0 Å². The van der Waals surface area contributed by atoms with Crippen molar-refractivity contribution >= 4 is 5.91 Å². The van der Waals surface area contributed by atoms with E-state index in [0.29, 0.717) is 12.5 Å². The second kappa shape index (κ2) is 7.47. The van der Waals surface area contributed by atoms with Crippen LogP contribution in [0.4, 0.5) is 0 Å². The molecule has 1 amide bonds. The Morgan fingerprint density at radius 2 is 1.80 bits per heavy atom. The predicted molar refractivity (Wildman–Crippen MR) is 85.3 cm³/mol. The number of carbonyl (C=O) groups excluding carboxylic acids is 1. The first-order valence-corrected chi connectivity index (χ1v) is 7.68. The van der Waals surface area contributed by atoms with Crippen molar-refractivity contribution < 1.29 is 4.79 Å². The molecule has 20 heavy (non-hydrogen) atoms. The van der Waals surface area contributed by atoms with E-state index in [1.54, 1.807) is 0 Å². The van der Waals surface area contributed by atoms with Crippen molar-refractivity contribution in [2.75, 3.05) is 0 Å². The first-order valence-electron chi connectivity index (χ1n) is 7.68. The second-order valence-corrected chi connectivity index (χ2v) is 6.73. The summed E-state index contributed by atoms with van der Waals surface area (Å²) in [6, 6.07) is 10.1. The zero-order valence-electron chi connectivity index (χ0n) is 13.6. The Morgan fingerprint density at radius 3 is 2.30 bits per heavy atom. The molecule has 0 bridgehead atoms. The topological polar surface area (TPSA) is 29.1 Å². The largest absolute Gasteiger partial charge is 0.352 e. The number of rotatable bonds is 7. The highest BCUT2D eigenvalue weighted by Crippen LogP contribution is 2.35. The molecule has 2 nitrogen and oxygen atoms in total. The zero-order chi connectivity index (χ0) is 15.2. The van der Waals surface area contributed by atoms with Crippen molar-refractivity contribution in [2.24, 2.45) is 17.3 Å². The summed E-state index contributed by atoms with van der Waals surface area (Å²) in [6.07, 6.45) is 1.96. The molecule has 1 rings (SSSR count). The average molecular weight is 275 g/mol. The summed E-state index contributed by atoms with van der Waals surface area (Å²) in [6.45, 7) is 11.5. The van der Waals surface area contributed by atoms with Gasteiger partial charge >= 0.3 is 0 Å². The molecule has 112 valence electrons. The maximum atomic E-state index is 12.5. The van der Waals surface area contributed by atoms with E-state index in [-0.39, 0.29) is 17.2 Å². The van der Waals surface area contributed by atoms with Crippen LogP contribution in [0.3, 0.4) is 0 Å². The predicted octanol–water partition coefficient (Wildman–Crippen LogP) is 4.40. The van der Waals surface area contributed by atoms with Gasteiger partial charge in [-0.2, -0.15) is 0 Å². The Balaban J connectivity index is 2.68. The smallest absolute Gasteiger partial charge is 0.223 e. The lowest BCUT2D eigenvalue weighted by Crippen LogP contribution is -2.39. The fraction of sp³-hybridized carbons (Fsp3) is 0.611. The first kappa shape index (κ1) is 16.7. The third-order valence-electron chi connectivity index (χ3n) is 4.19. The van der Waals surface area contributed by atoms with E-state index in [9.17, 15) is 4.79 Å². The van der Waals surface area contributed by atoms with Crippen molar-refractivity contribution in [1.82, 2.24) is 5.32 Å². The summed E-state index contributed by atoms with van der Waals surface area (Å²) in [7, 11) is 0. The quantitative estimate of drug-likeness (QED) is 0.785. The fourth-order valence-electron chi connectivity index (χ4n) is 2.41. The van der Waals surface area contributed by atoms with Gasteiger partial charge in [-0.3, -0.25) is 4.79 Å². The molecular weight excluding hydrogens is 246 g/mol. The minimum Gasteiger partial charge on any atom is -0.352 e. The summed E-state index contributed by atoms with van der Waals surface area (Å²) < 4.78 is 0. The molecule has 2 heteroatoms. The lowest BCUT2D eigenvalue weighted by molar-refractivity contribution is -0.129. The van der Waals surface area contributed by atoms with Crippen LogP contribution in [0.15, 0.2) is 30.3 Å². The fourth-order valence-corrected chi connectivity index (χ4v) is 2.41. The molecule has 0 fully saturated rings. The molecule has 0 radical (unpaired) electrons. The molecule has 1 aromatic carbocycles. The van der Waals surface area contributed by atoms with E-state index in [1.807, 2.05) is 30.3 Å². The van der Waals surface area contributed by atoms with Crippen LogP contribution < -0.4 is 5.32 Å². The molecular formula is C18H29NO. The highest BCUT2D eigenvalue weighted by atomic mass is 16.1. The number of benzene rings is 1. The molecule has 0 spiro atoms. The molecule has 0 aliphatic carbocycles. The lowest BCUT2D eigenvalue weighted by atomic mass is 9.72. The van der Waals surface area contributed by atoms with Crippen LogP contribution >= 0.6 is 0 Å². The maximum absolute atomic E-state index is 12.5. The Hall–Kier alpha value is -1.31. The molecule has 1 unspecified atom stereocenters. The second-order valence-electron chi connectivity index (χ2n) is 6.73. The van der Waals surface area contributed by atoms with Gasteiger partial charge in [-0.15, -0.1) is 0 Å². The number of carbonyl (C=O) groups is 1. The van der Waals surface area contributed by atoms with Crippen LogP contribution in [0.2, 0.25) is 0 Å². The van der Waals surface area contributed by atoms with Gasteiger partial charge in [0.15, 0.2) is 0 Å². The van der Waals surface area contributed by atoms with Crippen LogP contribution in [0, 0.1) is 17.3 Å². The molecule has 0 aliphatic heterocycles. The standard InChI is InChI=1S/C18H29NO/c1-6-18(4,5)16(12-14(2)3)17(20)19-13-15-10-8-7-9-11-15/h7-11,14,16H,6,12-13H2,1-5H3,(H,19,20). The van der Waals surface area contributed by atoms with Gasteiger partial charge in [0, 0.05) is 12.5 Å². The first-order chi connectivity index (χ1) is 9.36. The van der Waals surface area contributed by atoms with Crippen LogP contribution in [0.5, 0.6) is 0 Å². The molecule has 1 aromatic rings. The summed E-state index contributed by atoms with van der Waals surface area (Å²) in [4.78, 5) is 12.5. The minimum atomic E-state index is 0.0467. The van der Waals surface area contributed by atoms with E-state index in [0.717, 1.165) is 18.4 Å². The molecule has 0 aromatic heterocycles.